The summed E-state index contributed by atoms with van der Waals surface area (Å²) in [5.74, 6) is -0.379. The topological polar surface area (TPSA) is 56.0 Å². The number of amides is 1. The molecule has 0 aliphatic heterocycles. The van der Waals surface area contributed by atoms with Crippen LogP contribution in [0.2, 0.25) is 0 Å². The van der Waals surface area contributed by atoms with Crippen molar-refractivity contribution >= 4 is 5.91 Å². The quantitative estimate of drug-likeness (QED) is 0.892. The van der Waals surface area contributed by atoms with E-state index in [1.165, 1.54) is 5.56 Å². The van der Waals surface area contributed by atoms with Crippen LogP contribution in [0.25, 0.3) is 0 Å². The summed E-state index contributed by atoms with van der Waals surface area (Å²) in [5, 5.41) is 0. The summed E-state index contributed by atoms with van der Waals surface area (Å²) in [6.45, 7) is 2.04. The van der Waals surface area contributed by atoms with Crippen molar-refractivity contribution in [3.8, 4) is 0 Å². The van der Waals surface area contributed by atoms with E-state index in [2.05, 4.69) is 4.98 Å². The van der Waals surface area contributed by atoms with Crippen LogP contribution in [0.1, 0.15) is 29.2 Å². The maximum Gasteiger partial charge on any atom is 0.218 e. The number of benzene rings is 1. The van der Waals surface area contributed by atoms with Crippen molar-refractivity contribution in [3.05, 3.63) is 65.5 Å². The van der Waals surface area contributed by atoms with E-state index in [9.17, 15) is 4.79 Å². The van der Waals surface area contributed by atoms with Crippen molar-refractivity contribution in [2.45, 2.75) is 19.3 Å². The second kappa shape index (κ2) is 5.45. The second-order valence-electron chi connectivity index (χ2n) is 4.39. The molecule has 92 valence electrons. The van der Waals surface area contributed by atoms with Crippen LogP contribution in [0.5, 0.6) is 0 Å². The Kier molecular flexibility index (Phi) is 3.72. The van der Waals surface area contributed by atoms with Gasteiger partial charge in [0.05, 0.1) is 0 Å². The summed E-state index contributed by atoms with van der Waals surface area (Å²) in [6, 6.07) is 13.8. The van der Waals surface area contributed by atoms with Gasteiger partial charge in [0, 0.05) is 24.2 Å². The second-order valence-corrected chi connectivity index (χ2v) is 4.39. The van der Waals surface area contributed by atoms with Crippen LogP contribution in [0, 0.1) is 6.92 Å². The fourth-order valence-electron chi connectivity index (χ4n) is 1.98. The van der Waals surface area contributed by atoms with Crippen molar-refractivity contribution in [1.29, 1.82) is 0 Å². The molecule has 0 saturated carbocycles. The predicted octanol–water partition coefficient (Wildman–Crippen LogP) is 2.40. The molecule has 18 heavy (non-hydrogen) atoms. The minimum atomic E-state index is -0.314. The lowest BCUT2D eigenvalue weighted by Crippen LogP contribution is -2.16. The maximum absolute atomic E-state index is 11.2. The van der Waals surface area contributed by atoms with Crippen LogP contribution < -0.4 is 5.73 Å². The minimum absolute atomic E-state index is 0.0655. The number of hydrogen-bond donors (Lipinski definition) is 1. The molecule has 0 saturated heterocycles. The van der Waals surface area contributed by atoms with Crippen LogP contribution >= 0.6 is 0 Å². The molecule has 0 fully saturated rings. The van der Waals surface area contributed by atoms with Gasteiger partial charge in [-0.25, -0.2) is 0 Å². The number of nitrogens with two attached hydrogens (primary N) is 1. The molecule has 1 amide bonds. The molecule has 1 heterocycles. The first kappa shape index (κ1) is 12.3. The monoisotopic (exact) mass is 240 g/mol. The number of aryl methyl sites for hydroxylation is 1. The summed E-state index contributed by atoms with van der Waals surface area (Å²) < 4.78 is 0. The van der Waals surface area contributed by atoms with Crippen LogP contribution in [-0.2, 0) is 4.79 Å². The Bertz CT molecular complexity index is 520. The summed E-state index contributed by atoms with van der Waals surface area (Å²) in [4.78, 5) is 15.5. The normalized spacial score (nSPS) is 12.1. The lowest BCUT2D eigenvalue weighted by Gasteiger charge is -2.15. The number of primary amides is 1. The number of carbonyl (C=O) groups excluding carboxylic acids is 1. The van der Waals surface area contributed by atoms with Gasteiger partial charge in [-0.3, -0.25) is 9.78 Å². The van der Waals surface area contributed by atoms with E-state index >= 15 is 0 Å². The van der Waals surface area contributed by atoms with E-state index in [1.807, 2.05) is 49.4 Å². The average Bonchev–Trinajstić information content (AvgIpc) is 2.38. The molecule has 3 nitrogen and oxygen atoms in total. The van der Waals surface area contributed by atoms with Crippen LogP contribution in [-0.4, -0.2) is 10.9 Å². The molecule has 2 rings (SSSR count). The van der Waals surface area contributed by atoms with Gasteiger partial charge in [-0.15, -0.1) is 0 Å². The lowest BCUT2D eigenvalue weighted by atomic mass is 9.91. The first-order valence-electron chi connectivity index (χ1n) is 5.92. The van der Waals surface area contributed by atoms with E-state index in [1.54, 1.807) is 6.20 Å². The average molecular weight is 240 g/mol. The Morgan fingerprint density at radius 1 is 1.22 bits per heavy atom. The summed E-state index contributed by atoms with van der Waals surface area (Å²) in [7, 11) is 0. The summed E-state index contributed by atoms with van der Waals surface area (Å²) in [5.41, 5.74) is 8.47. The number of rotatable bonds is 4. The van der Waals surface area contributed by atoms with Crippen molar-refractivity contribution < 1.29 is 4.79 Å². The third-order valence-electron chi connectivity index (χ3n) is 2.93. The Labute approximate surface area is 107 Å². The molecule has 1 aromatic heterocycles. The molecule has 0 spiro atoms. The van der Waals surface area contributed by atoms with Gasteiger partial charge in [0.15, 0.2) is 0 Å². The molecular formula is C15H16N2O. The zero-order valence-corrected chi connectivity index (χ0v) is 10.3. The van der Waals surface area contributed by atoms with E-state index in [0.29, 0.717) is 0 Å². The standard InChI is InChI=1S/C15H16N2O/c1-11-5-7-12(8-6-11)13(10-15(16)18)14-4-2-3-9-17-14/h2-9,13H,10H2,1H3,(H2,16,18). The minimum Gasteiger partial charge on any atom is -0.370 e. The Morgan fingerprint density at radius 3 is 2.50 bits per heavy atom. The number of aromatic nitrogens is 1. The zero-order chi connectivity index (χ0) is 13.0. The van der Waals surface area contributed by atoms with Gasteiger partial charge in [0.2, 0.25) is 5.91 Å². The van der Waals surface area contributed by atoms with E-state index < -0.39 is 0 Å². The third-order valence-corrected chi connectivity index (χ3v) is 2.93. The highest BCUT2D eigenvalue weighted by molar-refractivity contribution is 5.75. The maximum atomic E-state index is 11.2. The summed E-state index contributed by atoms with van der Waals surface area (Å²) in [6.07, 6.45) is 2.01. The highest BCUT2D eigenvalue weighted by atomic mass is 16.1. The van der Waals surface area contributed by atoms with Gasteiger partial charge in [-0.1, -0.05) is 35.9 Å². The summed E-state index contributed by atoms with van der Waals surface area (Å²) >= 11 is 0. The molecular weight excluding hydrogens is 224 g/mol. The third kappa shape index (κ3) is 2.94. The van der Waals surface area contributed by atoms with Crippen molar-refractivity contribution in [1.82, 2.24) is 4.98 Å². The number of nitrogens with zero attached hydrogens (tertiary/aromatic N) is 1. The van der Waals surface area contributed by atoms with E-state index in [-0.39, 0.29) is 18.2 Å². The SMILES string of the molecule is Cc1ccc(C(CC(N)=O)c2ccccn2)cc1. The van der Waals surface area contributed by atoms with Gasteiger partial charge in [-0.05, 0) is 24.6 Å². The molecule has 0 radical (unpaired) electrons. The van der Waals surface area contributed by atoms with E-state index in [0.717, 1.165) is 11.3 Å². The number of carbonyl (C=O) groups is 1. The van der Waals surface area contributed by atoms with Gasteiger partial charge in [0.1, 0.15) is 0 Å². The van der Waals surface area contributed by atoms with Crippen LogP contribution in [0.3, 0.4) is 0 Å². The molecule has 0 aliphatic carbocycles. The molecule has 2 aromatic rings. The molecule has 3 heteroatoms. The molecule has 0 aliphatic rings. The highest BCUT2D eigenvalue weighted by Gasteiger charge is 2.17. The smallest absolute Gasteiger partial charge is 0.218 e. The van der Waals surface area contributed by atoms with Gasteiger partial charge in [0.25, 0.3) is 0 Å². The zero-order valence-electron chi connectivity index (χ0n) is 10.3. The lowest BCUT2D eigenvalue weighted by molar-refractivity contribution is -0.118. The molecule has 2 N–H and O–H groups in total. The van der Waals surface area contributed by atoms with Gasteiger partial charge in [-0.2, -0.15) is 0 Å². The molecule has 1 unspecified atom stereocenters. The molecule has 1 aromatic carbocycles. The molecule has 1 atom stereocenters. The van der Waals surface area contributed by atoms with E-state index in [4.69, 9.17) is 5.73 Å². The van der Waals surface area contributed by atoms with Crippen LogP contribution in [0.15, 0.2) is 48.7 Å². The fourth-order valence-corrected chi connectivity index (χ4v) is 1.98. The largest absolute Gasteiger partial charge is 0.370 e. The molecule has 0 bridgehead atoms. The van der Waals surface area contributed by atoms with Crippen LogP contribution in [0.4, 0.5) is 0 Å². The Morgan fingerprint density at radius 2 is 1.94 bits per heavy atom. The first-order valence-corrected chi connectivity index (χ1v) is 5.92. The Balaban J connectivity index is 2.36. The first-order chi connectivity index (χ1) is 8.66. The highest BCUT2D eigenvalue weighted by Crippen LogP contribution is 2.26. The van der Waals surface area contributed by atoms with Gasteiger partial charge < -0.3 is 5.73 Å². The predicted molar refractivity (Wildman–Crippen MR) is 71.1 cm³/mol. The number of pyridine rings is 1. The van der Waals surface area contributed by atoms with Gasteiger partial charge >= 0.3 is 0 Å². The van der Waals surface area contributed by atoms with Crippen molar-refractivity contribution in [3.63, 3.8) is 0 Å². The fraction of sp³-hybridized carbons (Fsp3) is 0.200. The van der Waals surface area contributed by atoms with Crippen molar-refractivity contribution in [2.75, 3.05) is 0 Å². The van der Waals surface area contributed by atoms with Crippen molar-refractivity contribution in [2.24, 2.45) is 5.73 Å². The number of hydrogen-bond acceptors (Lipinski definition) is 2. The Hall–Kier alpha value is -2.16.